The maximum Gasteiger partial charge on any atom is 1.00 e. The van der Waals surface area contributed by atoms with Crippen LogP contribution in [0.2, 0.25) is 0 Å². The number of piperidine rings is 1. The first-order valence-electron chi connectivity index (χ1n) is 7.43. The summed E-state index contributed by atoms with van der Waals surface area (Å²) in [5, 5.41) is 11.1. The summed E-state index contributed by atoms with van der Waals surface area (Å²) in [6.45, 7) is 4.05. The van der Waals surface area contributed by atoms with Gasteiger partial charge in [0.05, 0.1) is 0 Å². The van der Waals surface area contributed by atoms with Crippen LogP contribution >= 0.6 is 0 Å². The van der Waals surface area contributed by atoms with Crippen molar-refractivity contribution in [1.29, 1.82) is 5.26 Å². The normalized spacial score (nSPS) is 16.6. The summed E-state index contributed by atoms with van der Waals surface area (Å²) in [6, 6.07) is 10.8. The molecule has 1 aliphatic heterocycles. The number of nitrogens with zero attached hydrogens (tertiary/aromatic N) is 3. The van der Waals surface area contributed by atoms with Crippen molar-refractivity contribution in [2.75, 3.05) is 26.2 Å². The Hall–Kier alpha value is -0.640. The van der Waals surface area contributed by atoms with E-state index in [2.05, 4.69) is 45.5 Å². The number of benzene rings is 1. The van der Waals surface area contributed by atoms with E-state index in [4.69, 9.17) is 17.9 Å². The summed E-state index contributed by atoms with van der Waals surface area (Å²) in [6.07, 6.45) is 5.24. The van der Waals surface area contributed by atoms with Gasteiger partial charge in [0.1, 0.15) is 0 Å². The molecule has 0 bridgehead atoms. The van der Waals surface area contributed by atoms with Crippen LogP contribution in [0.1, 0.15) is 30.7 Å². The molecule has 0 spiro atoms. The topological polar surface area (TPSA) is 51.4 Å². The van der Waals surface area contributed by atoms with Crippen LogP contribution in [0.5, 0.6) is 0 Å². The summed E-state index contributed by atoms with van der Waals surface area (Å²) in [5.74, 6) is 0.708. The van der Waals surface area contributed by atoms with Gasteiger partial charge < -0.3 is 22.8 Å². The monoisotopic (exact) mass is 324 g/mol. The molecule has 0 radical (unpaired) electrons. The fourth-order valence-electron chi connectivity index (χ4n) is 2.78. The first-order valence-corrected chi connectivity index (χ1v) is 7.84. The molecule has 0 aromatic heterocycles. The van der Waals surface area contributed by atoms with Crippen molar-refractivity contribution in [2.24, 2.45) is 4.99 Å². The van der Waals surface area contributed by atoms with Crippen molar-refractivity contribution in [3.8, 4) is 6.19 Å². The molecule has 22 heavy (non-hydrogen) atoms. The van der Waals surface area contributed by atoms with E-state index in [-0.39, 0.29) is 29.6 Å². The number of hydrogen-bond donors (Lipinski definition) is 1. The largest absolute Gasteiger partial charge is 1.00 e. The van der Waals surface area contributed by atoms with Crippen LogP contribution < -0.4 is 34.9 Å². The number of amidine groups is 1. The van der Waals surface area contributed by atoms with E-state index >= 15 is 0 Å². The molecule has 4 nitrogen and oxygen atoms in total. The summed E-state index contributed by atoms with van der Waals surface area (Å²) in [4.78, 5) is 6.63. The molecule has 1 saturated heterocycles. The predicted octanol–water partition coefficient (Wildman–Crippen LogP) is -0.766. The van der Waals surface area contributed by atoms with E-state index in [1.165, 1.54) is 18.4 Å². The van der Waals surface area contributed by atoms with Crippen LogP contribution in [-0.4, -0.2) is 36.2 Å². The van der Waals surface area contributed by atoms with Crippen molar-refractivity contribution >= 4 is 17.8 Å². The number of likely N-dealkylation sites (tertiary alicyclic amines) is 1. The maximum atomic E-state index is 8.40. The fraction of sp³-hybridized carbons (Fsp3) is 0.500. The second-order valence-corrected chi connectivity index (χ2v) is 5.69. The van der Waals surface area contributed by atoms with Gasteiger partial charge in [-0.3, -0.25) is 4.99 Å². The Kier molecular flexibility index (Phi) is 9.69. The minimum absolute atomic E-state index is 0. The third-order valence-corrected chi connectivity index (χ3v) is 4.14. The number of hydrogen-bond acceptors (Lipinski definition) is 4. The van der Waals surface area contributed by atoms with Crippen LogP contribution in [0.3, 0.4) is 0 Å². The number of nitrogens with one attached hydrogen (secondary N) is 1. The van der Waals surface area contributed by atoms with E-state index in [0.29, 0.717) is 17.6 Å². The molecule has 0 amide bonds. The first-order chi connectivity index (χ1) is 10.3. The Labute approximate surface area is 160 Å². The molecule has 6 heteroatoms. The number of rotatable bonds is 5. The predicted molar refractivity (Wildman–Crippen MR) is 87.9 cm³/mol. The first kappa shape index (κ1) is 19.4. The minimum atomic E-state index is 0. The zero-order chi connectivity index (χ0) is 14.9. The smallest absolute Gasteiger partial charge is 0.742 e. The van der Waals surface area contributed by atoms with E-state index in [9.17, 15) is 0 Å². The molecular formula is C16H21N4NaS. The molecule has 0 atom stereocenters. The Morgan fingerprint density at radius 2 is 2.00 bits per heavy atom. The van der Waals surface area contributed by atoms with Crippen molar-refractivity contribution in [2.45, 2.75) is 25.2 Å². The van der Waals surface area contributed by atoms with Crippen LogP contribution in [-0.2, 0) is 12.6 Å². The Balaban J connectivity index is 0.00000242. The molecule has 1 heterocycles. The van der Waals surface area contributed by atoms with Crippen molar-refractivity contribution in [3.05, 3.63) is 35.9 Å². The van der Waals surface area contributed by atoms with E-state index in [1.807, 2.05) is 0 Å². The molecule has 1 N–H and O–H groups in total. The van der Waals surface area contributed by atoms with Crippen LogP contribution in [0, 0.1) is 11.5 Å². The van der Waals surface area contributed by atoms with Gasteiger partial charge in [-0.15, -0.1) is 0 Å². The van der Waals surface area contributed by atoms with Gasteiger partial charge in [0.25, 0.3) is 0 Å². The number of nitriles is 1. The zero-order valence-electron chi connectivity index (χ0n) is 13.2. The van der Waals surface area contributed by atoms with Crippen LogP contribution in [0.25, 0.3) is 0 Å². The number of aliphatic imine (C=N–C) groups is 1. The van der Waals surface area contributed by atoms with Gasteiger partial charge in [-0.05, 0) is 55.5 Å². The zero-order valence-corrected chi connectivity index (χ0v) is 16.0. The van der Waals surface area contributed by atoms with Gasteiger partial charge >= 0.3 is 29.6 Å². The average Bonchev–Trinajstić information content (AvgIpc) is 2.53. The van der Waals surface area contributed by atoms with Gasteiger partial charge in [-0.2, -0.15) is 5.26 Å². The van der Waals surface area contributed by atoms with E-state index in [1.54, 1.807) is 6.19 Å². The third-order valence-electron chi connectivity index (χ3n) is 3.91. The van der Waals surface area contributed by atoms with Crippen molar-refractivity contribution in [1.82, 2.24) is 10.2 Å². The van der Waals surface area contributed by atoms with Gasteiger partial charge in [0.2, 0.25) is 0 Å². The van der Waals surface area contributed by atoms with E-state index in [0.717, 1.165) is 26.1 Å². The molecule has 0 unspecified atom stereocenters. The Morgan fingerprint density at radius 1 is 1.32 bits per heavy atom. The quantitative estimate of drug-likeness (QED) is 0.147. The van der Waals surface area contributed by atoms with Gasteiger partial charge in [0.15, 0.2) is 6.19 Å². The van der Waals surface area contributed by atoms with Gasteiger partial charge in [-0.1, -0.05) is 30.3 Å². The second kappa shape index (κ2) is 11.0. The molecule has 0 aliphatic carbocycles. The molecule has 1 aliphatic rings. The van der Waals surface area contributed by atoms with Gasteiger partial charge in [0, 0.05) is 6.54 Å². The van der Waals surface area contributed by atoms with E-state index < -0.39 is 0 Å². The third kappa shape index (κ3) is 6.64. The fourth-order valence-corrected chi connectivity index (χ4v) is 2.91. The summed E-state index contributed by atoms with van der Waals surface area (Å²) >= 11 is 4.88. The Morgan fingerprint density at radius 3 is 2.64 bits per heavy atom. The van der Waals surface area contributed by atoms with Crippen molar-refractivity contribution in [3.63, 3.8) is 0 Å². The SMILES string of the molecule is N#CNC([S-])=NCCCN1CCC(c2ccccc2)CC1.[Na+]. The molecule has 0 saturated carbocycles. The second-order valence-electron chi connectivity index (χ2n) is 5.30. The average molecular weight is 324 g/mol. The van der Waals surface area contributed by atoms with Gasteiger partial charge in [-0.25, -0.2) is 0 Å². The summed E-state index contributed by atoms with van der Waals surface area (Å²) in [5.41, 5.74) is 1.47. The molecular weight excluding hydrogens is 303 g/mol. The molecule has 1 aromatic carbocycles. The van der Waals surface area contributed by atoms with Crippen LogP contribution in [0.4, 0.5) is 0 Å². The molecule has 1 fully saturated rings. The molecule has 1 aromatic rings. The molecule has 2 rings (SSSR count). The standard InChI is InChI=1S/C16H22N4S.Na/c17-13-19-16(21)18-9-4-10-20-11-7-15(8-12-20)14-5-2-1-3-6-14;/h1-3,5-6,15H,4,7-12H2,(H2,18,19,21);/q;+1/p-1. The minimum Gasteiger partial charge on any atom is -0.742 e. The summed E-state index contributed by atoms with van der Waals surface area (Å²) in [7, 11) is 0. The van der Waals surface area contributed by atoms with Crippen molar-refractivity contribution < 1.29 is 29.6 Å². The molecule has 112 valence electrons. The van der Waals surface area contributed by atoms with Crippen LogP contribution in [0.15, 0.2) is 35.3 Å². The summed E-state index contributed by atoms with van der Waals surface area (Å²) < 4.78 is 0. The maximum absolute atomic E-state index is 8.40. The Bertz CT molecular complexity index is 493.